The Hall–Kier alpha value is -0.870. The first-order valence-electron chi connectivity index (χ1n) is 5.26. The summed E-state index contributed by atoms with van der Waals surface area (Å²) in [5.41, 5.74) is 0. The predicted octanol–water partition coefficient (Wildman–Crippen LogP) is 1.28. The first-order chi connectivity index (χ1) is 7.26. The zero-order valence-electron chi connectivity index (χ0n) is 9.28. The average molecular weight is 216 g/mol. The van der Waals surface area contributed by atoms with Crippen molar-refractivity contribution in [3.05, 3.63) is 12.7 Å². The highest BCUT2D eigenvalue weighted by Gasteiger charge is 2.19. The third kappa shape index (κ3) is 7.11. The van der Waals surface area contributed by atoms with Gasteiger partial charge in [0.25, 0.3) is 0 Å². The molecule has 0 saturated carbocycles. The van der Waals surface area contributed by atoms with Gasteiger partial charge in [0.2, 0.25) is 0 Å². The van der Waals surface area contributed by atoms with Crippen LogP contribution in [0, 0.1) is 0 Å². The number of esters is 1. The molecule has 0 amide bonds. The molecule has 4 nitrogen and oxygen atoms in total. The number of ether oxygens (including phenoxy) is 2. The first-order valence-corrected chi connectivity index (χ1v) is 5.26. The molecule has 0 aromatic carbocycles. The van der Waals surface area contributed by atoms with Crippen LogP contribution < -0.4 is 0 Å². The quantitative estimate of drug-likeness (QED) is 0.358. The van der Waals surface area contributed by atoms with Crippen LogP contribution in [0.5, 0.6) is 0 Å². The molecule has 0 saturated heterocycles. The Morgan fingerprint density at radius 1 is 1.60 bits per heavy atom. The zero-order valence-corrected chi connectivity index (χ0v) is 9.28. The SMILES string of the molecule is C=CCCC(OCCCO)C(=O)OCC. The molecule has 4 heteroatoms. The van der Waals surface area contributed by atoms with Crippen LogP contribution >= 0.6 is 0 Å². The van der Waals surface area contributed by atoms with Crippen molar-refractivity contribution < 1.29 is 19.4 Å². The number of aliphatic hydroxyl groups is 1. The van der Waals surface area contributed by atoms with E-state index in [0.29, 0.717) is 32.5 Å². The summed E-state index contributed by atoms with van der Waals surface area (Å²) in [7, 11) is 0. The molecule has 0 aromatic rings. The van der Waals surface area contributed by atoms with Gasteiger partial charge in [-0.3, -0.25) is 0 Å². The number of carbonyl (C=O) groups is 1. The lowest BCUT2D eigenvalue weighted by Gasteiger charge is -2.15. The summed E-state index contributed by atoms with van der Waals surface area (Å²) in [6.07, 6.45) is 3.02. The highest BCUT2D eigenvalue weighted by atomic mass is 16.6. The van der Waals surface area contributed by atoms with Gasteiger partial charge in [-0.1, -0.05) is 6.08 Å². The maximum absolute atomic E-state index is 11.4. The minimum atomic E-state index is -0.533. The average Bonchev–Trinajstić information content (AvgIpc) is 2.23. The minimum absolute atomic E-state index is 0.0665. The molecule has 1 unspecified atom stereocenters. The van der Waals surface area contributed by atoms with Crippen LogP contribution in [0.4, 0.5) is 0 Å². The Morgan fingerprint density at radius 2 is 2.33 bits per heavy atom. The van der Waals surface area contributed by atoms with Gasteiger partial charge in [0.15, 0.2) is 6.10 Å². The van der Waals surface area contributed by atoms with E-state index in [1.807, 2.05) is 0 Å². The lowest BCUT2D eigenvalue weighted by Crippen LogP contribution is -2.27. The van der Waals surface area contributed by atoms with Crippen molar-refractivity contribution >= 4 is 5.97 Å². The van der Waals surface area contributed by atoms with Crippen LogP contribution in [-0.2, 0) is 14.3 Å². The van der Waals surface area contributed by atoms with Gasteiger partial charge in [-0.15, -0.1) is 6.58 Å². The normalized spacial score (nSPS) is 12.1. The Morgan fingerprint density at radius 3 is 2.87 bits per heavy atom. The van der Waals surface area contributed by atoms with Crippen LogP contribution in [0.1, 0.15) is 26.2 Å². The molecule has 0 radical (unpaired) electrons. The summed E-state index contributed by atoms with van der Waals surface area (Å²) in [6.45, 7) is 6.14. The van der Waals surface area contributed by atoms with Crippen LogP contribution in [0.2, 0.25) is 0 Å². The summed E-state index contributed by atoms with van der Waals surface area (Å²) in [4.78, 5) is 11.4. The Kier molecular flexibility index (Phi) is 9.11. The van der Waals surface area contributed by atoms with Crippen molar-refractivity contribution in [2.24, 2.45) is 0 Å². The van der Waals surface area contributed by atoms with Gasteiger partial charge >= 0.3 is 5.97 Å². The molecule has 0 aliphatic rings. The standard InChI is InChI=1S/C11H20O4/c1-3-5-7-10(11(13)14-4-2)15-9-6-8-12/h3,10,12H,1,4-9H2,2H3. The summed E-state index contributed by atoms with van der Waals surface area (Å²) < 4.78 is 10.2. The molecular formula is C11H20O4. The number of allylic oxidation sites excluding steroid dienone is 1. The fraction of sp³-hybridized carbons (Fsp3) is 0.727. The maximum atomic E-state index is 11.4. The van der Waals surface area contributed by atoms with Crippen LogP contribution in [-0.4, -0.2) is 37.0 Å². The predicted molar refractivity (Wildman–Crippen MR) is 57.5 cm³/mol. The monoisotopic (exact) mass is 216 g/mol. The minimum Gasteiger partial charge on any atom is -0.464 e. The van der Waals surface area contributed by atoms with Gasteiger partial charge in [0.05, 0.1) is 6.61 Å². The number of hydrogen-bond acceptors (Lipinski definition) is 4. The maximum Gasteiger partial charge on any atom is 0.335 e. The third-order valence-electron chi connectivity index (χ3n) is 1.80. The topological polar surface area (TPSA) is 55.8 Å². The Labute approximate surface area is 90.9 Å². The van der Waals surface area contributed by atoms with Crippen molar-refractivity contribution in [1.29, 1.82) is 0 Å². The molecule has 0 aliphatic heterocycles. The molecule has 1 N–H and O–H groups in total. The third-order valence-corrected chi connectivity index (χ3v) is 1.80. The number of hydrogen-bond donors (Lipinski definition) is 1. The van der Waals surface area contributed by atoms with Gasteiger partial charge < -0.3 is 14.6 Å². The van der Waals surface area contributed by atoms with Gasteiger partial charge in [0, 0.05) is 13.2 Å². The van der Waals surface area contributed by atoms with E-state index in [9.17, 15) is 4.79 Å². The summed E-state index contributed by atoms with van der Waals surface area (Å²) >= 11 is 0. The number of rotatable bonds is 9. The molecule has 0 spiro atoms. The molecule has 0 fully saturated rings. The summed E-state index contributed by atoms with van der Waals surface area (Å²) in [5, 5.41) is 8.58. The van der Waals surface area contributed by atoms with Gasteiger partial charge in [-0.05, 0) is 26.2 Å². The Bertz CT molecular complexity index is 179. The van der Waals surface area contributed by atoms with Crippen LogP contribution in [0.3, 0.4) is 0 Å². The first kappa shape index (κ1) is 14.1. The molecule has 0 aromatic heterocycles. The van der Waals surface area contributed by atoms with Gasteiger partial charge in [0.1, 0.15) is 0 Å². The van der Waals surface area contributed by atoms with E-state index in [1.54, 1.807) is 13.0 Å². The summed E-state index contributed by atoms with van der Waals surface area (Å²) in [5.74, 6) is -0.336. The van der Waals surface area contributed by atoms with Crippen molar-refractivity contribution in [3.63, 3.8) is 0 Å². The van der Waals surface area contributed by atoms with Crippen molar-refractivity contribution in [2.75, 3.05) is 19.8 Å². The van der Waals surface area contributed by atoms with Gasteiger partial charge in [-0.25, -0.2) is 4.79 Å². The van der Waals surface area contributed by atoms with E-state index in [1.165, 1.54) is 0 Å². The fourth-order valence-corrected chi connectivity index (χ4v) is 1.06. The van der Waals surface area contributed by atoms with E-state index in [0.717, 1.165) is 0 Å². The van der Waals surface area contributed by atoms with E-state index in [2.05, 4.69) is 6.58 Å². The van der Waals surface area contributed by atoms with Crippen LogP contribution in [0.25, 0.3) is 0 Å². The Balaban J connectivity index is 3.92. The lowest BCUT2D eigenvalue weighted by atomic mass is 10.2. The molecule has 0 heterocycles. The van der Waals surface area contributed by atoms with Crippen LogP contribution in [0.15, 0.2) is 12.7 Å². The second-order valence-electron chi connectivity index (χ2n) is 3.05. The van der Waals surface area contributed by atoms with Crippen molar-refractivity contribution in [1.82, 2.24) is 0 Å². The van der Waals surface area contributed by atoms with E-state index < -0.39 is 6.10 Å². The fourth-order valence-electron chi connectivity index (χ4n) is 1.06. The zero-order chi connectivity index (χ0) is 11.5. The molecular weight excluding hydrogens is 196 g/mol. The van der Waals surface area contributed by atoms with Crippen molar-refractivity contribution in [2.45, 2.75) is 32.3 Å². The van der Waals surface area contributed by atoms with E-state index >= 15 is 0 Å². The number of carbonyl (C=O) groups excluding carboxylic acids is 1. The number of aliphatic hydroxyl groups excluding tert-OH is 1. The molecule has 1 atom stereocenters. The molecule has 0 bridgehead atoms. The molecule has 0 rings (SSSR count). The summed E-state index contributed by atoms with van der Waals surface area (Å²) in [6, 6.07) is 0. The molecule has 15 heavy (non-hydrogen) atoms. The molecule has 0 aliphatic carbocycles. The molecule has 88 valence electrons. The van der Waals surface area contributed by atoms with Gasteiger partial charge in [-0.2, -0.15) is 0 Å². The largest absolute Gasteiger partial charge is 0.464 e. The van der Waals surface area contributed by atoms with E-state index in [-0.39, 0.29) is 12.6 Å². The smallest absolute Gasteiger partial charge is 0.335 e. The van der Waals surface area contributed by atoms with E-state index in [4.69, 9.17) is 14.6 Å². The second kappa shape index (κ2) is 9.68. The lowest BCUT2D eigenvalue weighted by molar-refractivity contribution is -0.157. The second-order valence-corrected chi connectivity index (χ2v) is 3.05. The highest BCUT2D eigenvalue weighted by Crippen LogP contribution is 2.06. The highest BCUT2D eigenvalue weighted by molar-refractivity contribution is 5.74. The van der Waals surface area contributed by atoms with Crippen molar-refractivity contribution in [3.8, 4) is 0 Å².